The third kappa shape index (κ3) is 3.98. The van der Waals surface area contributed by atoms with E-state index in [-0.39, 0.29) is 28.7 Å². The first-order valence-corrected chi connectivity index (χ1v) is 9.56. The van der Waals surface area contributed by atoms with Crippen LogP contribution in [-0.2, 0) is 14.4 Å². The van der Waals surface area contributed by atoms with Crippen molar-refractivity contribution < 1.29 is 14.4 Å². The fraction of sp³-hybridized carbons (Fsp3) is 0.842. The molecule has 140 valence electrons. The van der Waals surface area contributed by atoms with E-state index in [0.717, 1.165) is 32.2 Å². The number of carbonyl (C=O) groups excluding carboxylic acids is 3. The van der Waals surface area contributed by atoms with Gasteiger partial charge >= 0.3 is 11.8 Å². The molecule has 2 aliphatic heterocycles. The maximum atomic E-state index is 12.6. The lowest BCUT2D eigenvalue weighted by Gasteiger charge is -2.39. The molecule has 2 atom stereocenters. The second-order valence-corrected chi connectivity index (χ2v) is 9.24. The van der Waals surface area contributed by atoms with Gasteiger partial charge in [-0.15, -0.1) is 0 Å². The summed E-state index contributed by atoms with van der Waals surface area (Å²) in [6.45, 7) is 9.35. The SMILES string of the molecule is CC1(C)CC2CC(C)(CN2C(=O)C(=O)NCCCN2CCCC2=O)C1. The van der Waals surface area contributed by atoms with E-state index in [4.69, 9.17) is 0 Å². The molecule has 3 aliphatic rings. The van der Waals surface area contributed by atoms with Gasteiger partial charge in [0, 0.05) is 38.6 Å². The first kappa shape index (κ1) is 18.2. The van der Waals surface area contributed by atoms with E-state index < -0.39 is 5.91 Å². The van der Waals surface area contributed by atoms with Gasteiger partial charge in [-0.2, -0.15) is 0 Å². The van der Waals surface area contributed by atoms with Crippen LogP contribution in [-0.4, -0.2) is 59.7 Å². The van der Waals surface area contributed by atoms with E-state index in [1.165, 1.54) is 0 Å². The first-order chi connectivity index (χ1) is 11.7. The van der Waals surface area contributed by atoms with Crippen LogP contribution >= 0.6 is 0 Å². The third-order valence-electron chi connectivity index (χ3n) is 5.93. The van der Waals surface area contributed by atoms with Crippen LogP contribution in [0.1, 0.15) is 59.3 Å². The van der Waals surface area contributed by atoms with Crippen LogP contribution in [0, 0.1) is 10.8 Å². The molecule has 1 saturated carbocycles. The van der Waals surface area contributed by atoms with Crippen molar-refractivity contribution in [1.29, 1.82) is 0 Å². The Morgan fingerprint density at radius 1 is 1.24 bits per heavy atom. The van der Waals surface area contributed by atoms with Gasteiger partial charge in [-0.25, -0.2) is 0 Å². The Bertz CT molecular complexity index is 574. The Morgan fingerprint density at radius 2 is 2.00 bits per heavy atom. The normalized spacial score (nSPS) is 30.7. The van der Waals surface area contributed by atoms with Crippen LogP contribution in [0.15, 0.2) is 0 Å². The van der Waals surface area contributed by atoms with Gasteiger partial charge in [-0.05, 0) is 42.9 Å². The summed E-state index contributed by atoms with van der Waals surface area (Å²) in [5.74, 6) is -0.687. The summed E-state index contributed by atoms with van der Waals surface area (Å²) in [6, 6.07) is 0.189. The predicted molar refractivity (Wildman–Crippen MR) is 94.7 cm³/mol. The van der Waals surface area contributed by atoms with Crippen molar-refractivity contribution in [3.8, 4) is 0 Å². The molecule has 2 heterocycles. The van der Waals surface area contributed by atoms with Crippen molar-refractivity contribution in [3.63, 3.8) is 0 Å². The Morgan fingerprint density at radius 3 is 2.68 bits per heavy atom. The first-order valence-electron chi connectivity index (χ1n) is 9.56. The maximum Gasteiger partial charge on any atom is 0.312 e. The number of fused-ring (bicyclic) bond motifs is 2. The number of hydrogen-bond donors (Lipinski definition) is 1. The van der Waals surface area contributed by atoms with Crippen LogP contribution in [0.2, 0.25) is 0 Å². The summed E-state index contributed by atoms with van der Waals surface area (Å²) in [4.78, 5) is 40.0. The highest BCUT2D eigenvalue weighted by atomic mass is 16.2. The molecular weight excluding hydrogens is 318 g/mol. The van der Waals surface area contributed by atoms with E-state index in [0.29, 0.717) is 32.5 Å². The second-order valence-electron chi connectivity index (χ2n) is 9.24. The Labute approximate surface area is 150 Å². The van der Waals surface area contributed by atoms with E-state index >= 15 is 0 Å². The van der Waals surface area contributed by atoms with Crippen LogP contribution in [0.25, 0.3) is 0 Å². The monoisotopic (exact) mass is 349 g/mol. The smallest absolute Gasteiger partial charge is 0.312 e. The van der Waals surface area contributed by atoms with Gasteiger partial charge in [0.1, 0.15) is 0 Å². The molecule has 2 unspecified atom stereocenters. The van der Waals surface area contributed by atoms with Crippen molar-refractivity contribution in [2.75, 3.05) is 26.2 Å². The van der Waals surface area contributed by atoms with Gasteiger partial charge in [0.15, 0.2) is 0 Å². The molecular formula is C19H31N3O3. The zero-order valence-corrected chi connectivity index (χ0v) is 15.8. The molecule has 6 nitrogen and oxygen atoms in total. The Balaban J connectivity index is 1.46. The van der Waals surface area contributed by atoms with E-state index in [1.54, 1.807) is 4.90 Å². The Hall–Kier alpha value is -1.59. The van der Waals surface area contributed by atoms with Crippen molar-refractivity contribution in [1.82, 2.24) is 15.1 Å². The minimum absolute atomic E-state index is 0.137. The summed E-state index contributed by atoms with van der Waals surface area (Å²) in [7, 11) is 0. The lowest BCUT2D eigenvalue weighted by molar-refractivity contribution is -0.146. The highest BCUT2D eigenvalue weighted by Gasteiger charge is 2.51. The van der Waals surface area contributed by atoms with Crippen LogP contribution in [0.4, 0.5) is 0 Å². The number of nitrogens with zero attached hydrogens (tertiary/aromatic N) is 2. The number of hydrogen-bond acceptors (Lipinski definition) is 3. The molecule has 0 spiro atoms. The molecule has 0 aromatic carbocycles. The third-order valence-corrected chi connectivity index (χ3v) is 5.93. The molecule has 25 heavy (non-hydrogen) atoms. The fourth-order valence-corrected chi connectivity index (χ4v) is 5.32. The van der Waals surface area contributed by atoms with Crippen molar-refractivity contribution in [2.45, 2.75) is 65.3 Å². The number of likely N-dealkylation sites (tertiary alicyclic amines) is 2. The molecule has 3 rings (SSSR count). The topological polar surface area (TPSA) is 69.7 Å². The molecule has 1 aliphatic carbocycles. The summed E-state index contributed by atoms with van der Waals surface area (Å²) >= 11 is 0. The van der Waals surface area contributed by atoms with Gasteiger partial charge in [-0.3, -0.25) is 14.4 Å². The summed E-state index contributed by atoms with van der Waals surface area (Å²) in [6.07, 6.45) is 5.33. The highest BCUT2D eigenvalue weighted by Crippen LogP contribution is 2.52. The van der Waals surface area contributed by atoms with E-state index in [9.17, 15) is 14.4 Å². The molecule has 2 saturated heterocycles. The van der Waals surface area contributed by atoms with Crippen LogP contribution in [0.3, 0.4) is 0 Å². The molecule has 0 aromatic heterocycles. The Kier molecular flexibility index (Phi) is 4.82. The molecule has 3 fully saturated rings. The maximum absolute atomic E-state index is 12.6. The lowest BCUT2D eigenvalue weighted by Crippen LogP contribution is -2.46. The number of rotatable bonds is 4. The molecule has 0 radical (unpaired) electrons. The van der Waals surface area contributed by atoms with Gasteiger partial charge in [0.05, 0.1) is 0 Å². The van der Waals surface area contributed by atoms with Crippen molar-refractivity contribution in [2.24, 2.45) is 10.8 Å². The predicted octanol–water partition coefficient (Wildman–Crippen LogP) is 1.54. The standard InChI is InChI=1S/C19H31N3O3/c1-18(2)10-14-11-19(3,12-18)13-22(14)17(25)16(24)20-7-5-9-21-8-4-6-15(21)23/h14H,4-13H2,1-3H3,(H,20,24). The zero-order valence-electron chi connectivity index (χ0n) is 15.8. The van der Waals surface area contributed by atoms with Crippen LogP contribution in [0.5, 0.6) is 0 Å². The molecule has 6 heteroatoms. The van der Waals surface area contributed by atoms with E-state index in [1.807, 2.05) is 4.90 Å². The summed E-state index contributed by atoms with van der Waals surface area (Å²) < 4.78 is 0. The number of carbonyl (C=O) groups is 3. The highest BCUT2D eigenvalue weighted by molar-refractivity contribution is 6.35. The average Bonchev–Trinajstić information content (AvgIpc) is 3.02. The second kappa shape index (κ2) is 6.61. The minimum Gasteiger partial charge on any atom is -0.348 e. The van der Waals surface area contributed by atoms with Gasteiger partial charge < -0.3 is 15.1 Å². The van der Waals surface area contributed by atoms with Gasteiger partial charge in [0.2, 0.25) is 5.91 Å². The zero-order chi connectivity index (χ0) is 18.2. The number of amides is 3. The molecule has 0 aromatic rings. The average molecular weight is 349 g/mol. The quantitative estimate of drug-likeness (QED) is 0.618. The molecule has 2 bridgehead atoms. The van der Waals surface area contributed by atoms with Crippen molar-refractivity contribution >= 4 is 17.7 Å². The summed E-state index contributed by atoms with van der Waals surface area (Å²) in [5, 5.41) is 2.74. The fourth-order valence-electron chi connectivity index (χ4n) is 5.32. The van der Waals surface area contributed by atoms with E-state index in [2.05, 4.69) is 26.1 Å². The van der Waals surface area contributed by atoms with Gasteiger partial charge in [-0.1, -0.05) is 20.8 Å². The minimum atomic E-state index is -0.498. The lowest BCUT2D eigenvalue weighted by atomic mass is 9.65. The number of nitrogens with one attached hydrogen (secondary N) is 1. The van der Waals surface area contributed by atoms with Gasteiger partial charge in [0.25, 0.3) is 0 Å². The van der Waals surface area contributed by atoms with Crippen molar-refractivity contribution in [3.05, 3.63) is 0 Å². The summed E-state index contributed by atoms with van der Waals surface area (Å²) in [5.41, 5.74) is 0.365. The van der Waals surface area contributed by atoms with Crippen LogP contribution < -0.4 is 5.32 Å². The molecule has 3 amide bonds. The molecule has 1 N–H and O–H groups in total. The largest absolute Gasteiger partial charge is 0.348 e.